The van der Waals surface area contributed by atoms with Crippen molar-refractivity contribution in [3.8, 4) is 0 Å². The molecule has 1 aliphatic rings. The van der Waals surface area contributed by atoms with Crippen molar-refractivity contribution in [2.45, 2.75) is 11.7 Å². The van der Waals surface area contributed by atoms with Crippen LogP contribution in [0.2, 0.25) is 0 Å². The summed E-state index contributed by atoms with van der Waals surface area (Å²) in [6.07, 6.45) is 0.509. The fourth-order valence-corrected chi connectivity index (χ4v) is 3.25. The minimum absolute atomic E-state index is 0.0290. The standard InChI is InChI=1S/C17H14N2O2S/c18-17-19-16(21)14(22-17)10-11-5-4-8-13(9-11)15(20)12-6-2-1-3-7-12/h1-9,14H,10H2,(H2,18,19,21). The van der Waals surface area contributed by atoms with Crippen LogP contribution in [0.4, 0.5) is 0 Å². The van der Waals surface area contributed by atoms with Gasteiger partial charge in [-0.3, -0.25) is 15.0 Å². The average molecular weight is 310 g/mol. The summed E-state index contributed by atoms with van der Waals surface area (Å²) in [6.45, 7) is 0. The van der Waals surface area contributed by atoms with E-state index in [1.165, 1.54) is 11.8 Å². The number of ketones is 1. The van der Waals surface area contributed by atoms with Gasteiger partial charge in [0, 0.05) is 11.1 Å². The zero-order valence-corrected chi connectivity index (χ0v) is 12.5. The van der Waals surface area contributed by atoms with Crippen LogP contribution in [0.1, 0.15) is 21.5 Å². The summed E-state index contributed by atoms with van der Waals surface area (Å²) in [7, 11) is 0. The smallest absolute Gasteiger partial charge is 0.239 e. The van der Waals surface area contributed by atoms with Crippen LogP contribution >= 0.6 is 11.8 Å². The zero-order valence-electron chi connectivity index (χ0n) is 11.7. The Morgan fingerprint density at radius 1 is 1.09 bits per heavy atom. The largest absolute Gasteiger partial charge is 0.305 e. The molecular weight excluding hydrogens is 296 g/mol. The molecule has 2 aromatic rings. The van der Waals surface area contributed by atoms with Crippen molar-refractivity contribution in [2.75, 3.05) is 0 Å². The molecule has 3 rings (SSSR count). The van der Waals surface area contributed by atoms with E-state index in [9.17, 15) is 9.59 Å². The van der Waals surface area contributed by atoms with E-state index in [1.807, 2.05) is 36.4 Å². The fourth-order valence-electron chi connectivity index (χ4n) is 2.36. The number of amidine groups is 1. The molecule has 2 N–H and O–H groups in total. The van der Waals surface area contributed by atoms with Crippen LogP contribution in [-0.4, -0.2) is 22.1 Å². The van der Waals surface area contributed by atoms with Gasteiger partial charge >= 0.3 is 0 Å². The molecule has 1 atom stereocenters. The van der Waals surface area contributed by atoms with Crippen molar-refractivity contribution in [1.29, 1.82) is 5.41 Å². The van der Waals surface area contributed by atoms with Gasteiger partial charge in [-0.15, -0.1) is 0 Å². The van der Waals surface area contributed by atoms with Gasteiger partial charge < -0.3 is 5.32 Å². The van der Waals surface area contributed by atoms with E-state index in [0.29, 0.717) is 17.5 Å². The highest BCUT2D eigenvalue weighted by Crippen LogP contribution is 2.23. The summed E-state index contributed by atoms with van der Waals surface area (Å²) < 4.78 is 0. The van der Waals surface area contributed by atoms with E-state index in [4.69, 9.17) is 5.41 Å². The van der Waals surface area contributed by atoms with Crippen molar-refractivity contribution in [2.24, 2.45) is 0 Å². The van der Waals surface area contributed by atoms with Gasteiger partial charge in [-0.2, -0.15) is 0 Å². The first-order chi connectivity index (χ1) is 10.6. The molecule has 5 heteroatoms. The van der Waals surface area contributed by atoms with Gasteiger partial charge in [0.05, 0.1) is 5.25 Å². The van der Waals surface area contributed by atoms with Crippen LogP contribution in [0.25, 0.3) is 0 Å². The van der Waals surface area contributed by atoms with Gasteiger partial charge in [-0.1, -0.05) is 60.3 Å². The first-order valence-electron chi connectivity index (χ1n) is 6.88. The number of thioether (sulfide) groups is 1. The number of carbonyl (C=O) groups is 2. The lowest BCUT2D eigenvalue weighted by Crippen LogP contribution is -2.25. The molecular formula is C17H14N2O2S. The number of carbonyl (C=O) groups excluding carboxylic acids is 2. The average Bonchev–Trinajstić information content (AvgIpc) is 2.85. The van der Waals surface area contributed by atoms with Crippen molar-refractivity contribution in [3.63, 3.8) is 0 Å². The minimum atomic E-state index is -0.297. The molecule has 0 saturated carbocycles. The normalized spacial score (nSPS) is 17.4. The molecule has 110 valence electrons. The molecule has 2 aromatic carbocycles. The van der Waals surface area contributed by atoms with Crippen LogP contribution in [0, 0.1) is 5.41 Å². The molecule has 1 amide bonds. The maximum absolute atomic E-state index is 12.4. The molecule has 0 bridgehead atoms. The quantitative estimate of drug-likeness (QED) is 0.853. The Kier molecular flexibility index (Phi) is 4.06. The monoisotopic (exact) mass is 310 g/mol. The topological polar surface area (TPSA) is 70.0 Å². The second-order valence-corrected chi connectivity index (χ2v) is 6.24. The summed E-state index contributed by atoms with van der Waals surface area (Å²) in [4.78, 5) is 24.1. The van der Waals surface area contributed by atoms with E-state index >= 15 is 0 Å². The first kappa shape index (κ1) is 14.5. The van der Waals surface area contributed by atoms with E-state index in [0.717, 1.165) is 5.56 Å². The second-order valence-electron chi connectivity index (χ2n) is 5.02. The highest BCUT2D eigenvalue weighted by Gasteiger charge is 2.29. The minimum Gasteiger partial charge on any atom is -0.305 e. The van der Waals surface area contributed by atoms with Gasteiger partial charge in [-0.25, -0.2) is 0 Å². The molecule has 1 heterocycles. The third-order valence-electron chi connectivity index (χ3n) is 3.44. The molecule has 0 spiro atoms. The molecule has 0 aliphatic carbocycles. The maximum atomic E-state index is 12.4. The number of benzene rings is 2. The van der Waals surface area contributed by atoms with Crippen molar-refractivity contribution in [1.82, 2.24) is 5.32 Å². The lowest BCUT2D eigenvalue weighted by Gasteiger charge is -2.07. The fraction of sp³-hybridized carbons (Fsp3) is 0.118. The summed E-state index contributed by atoms with van der Waals surface area (Å²) in [5.74, 6) is -0.173. The maximum Gasteiger partial charge on any atom is 0.239 e. The highest BCUT2D eigenvalue weighted by molar-refractivity contribution is 8.15. The molecule has 0 aromatic heterocycles. The number of rotatable bonds is 4. The van der Waals surface area contributed by atoms with Gasteiger partial charge in [0.1, 0.15) is 0 Å². The Morgan fingerprint density at radius 2 is 1.82 bits per heavy atom. The van der Waals surface area contributed by atoms with Crippen LogP contribution in [0.5, 0.6) is 0 Å². The molecule has 1 unspecified atom stereocenters. The SMILES string of the molecule is N=C1NC(=O)C(Cc2cccc(C(=O)c3ccccc3)c2)S1. The predicted molar refractivity (Wildman–Crippen MR) is 87.3 cm³/mol. The molecule has 0 radical (unpaired) electrons. The van der Waals surface area contributed by atoms with Gasteiger partial charge in [0.15, 0.2) is 11.0 Å². The number of hydrogen-bond acceptors (Lipinski definition) is 4. The molecule has 1 saturated heterocycles. The van der Waals surface area contributed by atoms with Gasteiger partial charge in [0.2, 0.25) is 5.91 Å². The highest BCUT2D eigenvalue weighted by atomic mass is 32.2. The molecule has 4 nitrogen and oxygen atoms in total. The Labute approximate surface area is 132 Å². The zero-order chi connectivity index (χ0) is 15.5. The second kappa shape index (κ2) is 6.15. The van der Waals surface area contributed by atoms with Crippen LogP contribution in [0.3, 0.4) is 0 Å². The summed E-state index contributed by atoms with van der Waals surface area (Å²) in [6, 6.07) is 16.5. The van der Waals surface area contributed by atoms with Crippen LogP contribution in [-0.2, 0) is 11.2 Å². The van der Waals surface area contributed by atoms with Crippen LogP contribution in [0.15, 0.2) is 54.6 Å². The Bertz CT molecular complexity index is 743. The van der Waals surface area contributed by atoms with Crippen molar-refractivity contribution < 1.29 is 9.59 Å². The predicted octanol–water partition coefficient (Wildman–Crippen LogP) is 2.63. The Hall–Kier alpha value is -2.40. The summed E-state index contributed by atoms with van der Waals surface area (Å²) >= 11 is 1.22. The summed E-state index contributed by atoms with van der Waals surface area (Å²) in [5.41, 5.74) is 2.18. The first-order valence-corrected chi connectivity index (χ1v) is 7.76. The number of hydrogen-bond donors (Lipinski definition) is 2. The molecule has 1 aliphatic heterocycles. The van der Waals surface area contributed by atoms with Crippen molar-refractivity contribution in [3.05, 3.63) is 71.3 Å². The Morgan fingerprint density at radius 3 is 2.50 bits per heavy atom. The number of nitrogens with one attached hydrogen (secondary N) is 2. The molecule has 22 heavy (non-hydrogen) atoms. The number of amides is 1. The van der Waals surface area contributed by atoms with E-state index < -0.39 is 0 Å². The molecule has 1 fully saturated rings. The van der Waals surface area contributed by atoms with Crippen LogP contribution < -0.4 is 5.32 Å². The lowest BCUT2D eigenvalue weighted by molar-refractivity contribution is -0.118. The third kappa shape index (κ3) is 3.09. The lowest BCUT2D eigenvalue weighted by atomic mass is 9.99. The van der Waals surface area contributed by atoms with E-state index in [1.54, 1.807) is 18.2 Å². The third-order valence-corrected chi connectivity index (χ3v) is 4.44. The van der Waals surface area contributed by atoms with Crippen molar-refractivity contribution >= 4 is 28.6 Å². The summed E-state index contributed by atoms with van der Waals surface area (Å²) in [5, 5.41) is 9.86. The van der Waals surface area contributed by atoms with E-state index in [-0.39, 0.29) is 22.1 Å². The van der Waals surface area contributed by atoms with Gasteiger partial charge in [-0.05, 0) is 18.1 Å². The van der Waals surface area contributed by atoms with Gasteiger partial charge in [0.25, 0.3) is 0 Å². The van der Waals surface area contributed by atoms with E-state index in [2.05, 4.69) is 5.32 Å². The Balaban J connectivity index is 1.80.